The number of rotatable bonds is 4. The molecule has 1 N–H and O–H groups in total. The summed E-state index contributed by atoms with van der Waals surface area (Å²) in [4.78, 5) is 9.11. The molecule has 6 nitrogen and oxygen atoms in total. The van der Waals surface area contributed by atoms with Crippen molar-refractivity contribution in [1.82, 2.24) is 20.3 Å². The van der Waals surface area contributed by atoms with E-state index in [1.54, 1.807) is 6.26 Å². The minimum absolute atomic E-state index is 0. The Morgan fingerprint density at radius 1 is 1.17 bits per heavy atom. The molecule has 1 aliphatic heterocycles. The van der Waals surface area contributed by atoms with Crippen molar-refractivity contribution in [2.45, 2.75) is 13.1 Å². The maximum absolute atomic E-state index is 4.89. The number of nitrogens with zero attached hydrogens (tertiary/aromatic N) is 4. The zero-order valence-corrected chi connectivity index (χ0v) is 16.2. The number of nitrogens with one attached hydrogen (secondary N) is 1. The third-order valence-corrected chi connectivity index (χ3v) is 4.05. The lowest BCUT2D eigenvalue weighted by molar-refractivity contribution is 0.169. The number of hydrogen-bond acceptors (Lipinski definition) is 4. The smallest absolute Gasteiger partial charge is 0.194 e. The fraction of sp³-hybridized carbons (Fsp3) is 0.412. The van der Waals surface area contributed by atoms with Crippen molar-refractivity contribution in [3.8, 4) is 0 Å². The molecule has 0 radical (unpaired) electrons. The lowest BCUT2D eigenvalue weighted by Gasteiger charge is -2.36. The lowest BCUT2D eigenvalue weighted by Crippen LogP contribution is -2.52. The Morgan fingerprint density at radius 2 is 1.92 bits per heavy atom. The summed E-state index contributed by atoms with van der Waals surface area (Å²) in [5, 5.41) is 7.42. The van der Waals surface area contributed by atoms with E-state index in [-0.39, 0.29) is 24.0 Å². The Balaban J connectivity index is 0.00000208. The molecule has 0 unspecified atom stereocenters. The minimum Gasteiger partial charge on any atom is -0.364 e. The Hall–Kier alpha value is -1.61. The molecule has 0 atom stereocenters. The minimum atomic E-state index is 0. The van der Waals surface area contributed by atoms with E-state index >= 15 is 0 Å². The molecule has 0 bridgehead atoms. The van der Waals surface area contributed by atoms with E-state index in [4.69, 9.17) is 4.52 Å². The highest BCUT2D eigenvalue weighted by Crippen LogP contribution is 2.07. The highest BCUT2D eigenvalue weighted by molar-refractivity contribution is 14.0. The number of hydrogen-bond donors (Lipinski definition) is 1. The van der Waals surface area contributed by atoms with Gasteiger partial charge in [0, 0.05) is 52.4 Å². The van der Waals surface area contributed by atoms with Crippen LogP contribution in [0.25, 0.3) is 0 Å². The first-order valence-electron chi connectivity index (χ1n) is 7.96. The summed E-state index contributed by atoms with van der Waals surface area (Å²) in [6.07, 6.45) is 1.63. The first kappa shape index (κ1) is 18.7. The predicted molar refractivity (Wildman–Crippen MR) is 105 cm³/mol. The molecular formula is C17H24IN5O. The standard InChI is InChI=1S/C17H23N5O.HI/c1-18-17(19-13-15-5-3-2-4-6-15)22-10-8-21(9-11-22)14-16-7-12-23-20-16;/h2-7,12H,8-11,13-14H2,1H3,(H,18,19);1H. The van der Waals surface area contributed by atoms with E-state index in [1.165, 1.54) is 5.56 Å². The Kier molecular flexibility index (Phi) is 7.51. The molecule has 1 aromatic carbocycles. The average molecular weight is 441 g/mol. The third-order valence-electron chi connectivity index (χ3n) is 4.05. The average Bonchev–Trinajstić information content (AvgIpc) is 3.11. The van der Waals surface area contributed by atoms with Crippen molar-refractivity contribution >= 4 is 29.9 Å². The molecule has 0 spiro atoms. The number of aliphatic imine (C=N–C) groups is 1. The van der Waals surface area contributed by atoms with Crippen LogP contribution in [-0.4, -0.2) is 54.1 Å². The van der Waals surface area contributed by atoms with E-state index < -0.39 is 0 Å². The second-order valence-corrected chi connectivity index (χ2v) is 5.64. The summed E-state index contributed by atoms with van der Waals surface area (Å²) in [5.74, 6) is 0.968. The molecule has 7 heteroatoms. The molecule has 24 heavy (non-hydrogen) atoms. The number of piperazine rings is 1. The molecule has 3 rings (SSSR count). The van der Waals surface area contributed by atoms with Crippen molar-refractivity contribution in [3.05, 3.63) is 53.9 Å². The van der Waals surface area contributed by atoms with Crippen molar-refractivity contribution in [2.24, 2.45) is 4.99 Å². The van der Waals surface area contributed by atoms with Crippen LogP contribution >= 0.6 is 24.0 Å². The first-order valence-corrected chi connectivity index (χ1v) is 7.96. The second-order valence-electron chi connectivity index (χ2n) is 5.64. The molecule has 1 aliphatic rings. The van der Waals surface area contributed by atoms with Crippen molar-refractivity contribution in [1.29, 1.82) is 0 Å². The van der Waals surface area contributed by atoms with Gasteiger partial charge in [-0.2, -0.15) is 0 Å². The van der Waals surface area contributed by atoms with Crippen LogP contribution in [0.15, 0.2) is 52.2 Å². The van der Waals surface area contributed by atoms with Crippen LogP contribution < -0.4 is 5.32 Å². The van der Waals surface area contributed by atoms with E-state index in [1.807, 2.05) is 19.2 Å². The highest BCUT2D eigenvalue weighted by atomic mass is 127. The number of halogens is 1. The van der Waals surface area contributed by atoms with E-state index in [9.17, 15) is 0 Å². The van der Waals surface area contributed by atoms with Gasteiger partial charge < -0.3 is 14.7 Å². The van der Waals surface area contributed by atoms with Gasteiger partial charge in [-0.1, -0.05) is 35.5 Å². The fourth-order valence-electron chi connectivity index (χ4n) is 2.78. The van der Waals surface area contributed by atoms with Gasteiger partial charge in [0.15, 0.2) is 5.96 Å². The number of aromatic nitrogens is 1. The Labute approximate surface area is 159 Å². The summed E-state index contributed by atoms with van der Waals surface area (Å²) in [5.41, 5.74) is 2.25. The molecule has 0 aliphatic carbocycles. The highest BCUT2D eigenvalue weighted by Gasteiger charge is 2.20. The van der Waals surface area contributed by atoms with E-state index in [2.05, 4.69) is 49.5 Å². The second kappa shape index (κ2) is 9.63. The zero-order valence-electron chi connectivity index (χ0n) is 13.9. The lowest BCUT2D eigenvalue weighted by atomic mass is 10.2. The molecule has 2 heterocycles. The zero-order chi connectivity index (χ0) is 15.9. The fourth-order valence-corrected chi connectivity index (χ4v) is 2.78. The van der Waals surface area contributed by atoms with Gasteiger partial charge in [-0.05, 0) is 5.56 Å². The van der Waals surface area contributed by atoms with E-state index in [0.717, 1.165) is 50.9 Å². The topological polar surface area (TPSA) is 56.9 Å². The van der Waals surface area contributed by atoms with Gasteiger partial charge in [-0.15, -0.1) is 24.0 Å². The first-order chi connectivity index (χ1) is 11.3. The third kappa shape index (κ3) is 5.20. The van der Waals surface area contributed by atoms with Crippen LogP contribution in [0, 0.1) is 0 Å². The van der Waals surface area contributed by atoms with Crippen molar-refractivity contribution in [2.75, 3.05) is 33.2 Å². The molecule has 2 aromatic rings. The summed E-state index contributed by atoms with van der Waals surface area (Å²) in [7, 11) is 1.84. The summed E-state index contributed by atoms with van der Waals surface area (Å²) in [6.45, 7) is 5.57. The molecular weight excluding hydrogens is 417 g/mol. The number of guanidine groups is 1. The molecule has 1 saturated heterocycles. The van der Waals surface area contributed by atoms with Crippen LogP contribution in [0.2, 0.25) is 0 Å². The van der Waals surface area contributed by atoms with Crippen LogP contribution in [0.5, 0.6) is 0 Å². The van der Waals surface area contributed by atoms with Crippen LogP contribution in [0.4, 0.5) is 0 Å². The molecule has 1 fully saturated rings. The van der Waals surface area contributed by atoms with E-state index in [0.29, 0.717) is 0 Å². The van der Waals surface area contributed by atoms with Crippen LogP contribution in [-0.2, 0) is 13.1 Å². The molecule has 130 valence electrons. The summed E-state index contributed by atoms with van der Waals surface area (Å²) < 4.78 is 4.89. The van der Waals surface area contributed by atoms with Gasteiger partial charge in [0.1, 0.15) is 6.26 Å². The molecule has 0 amide bonds. The van der Waals surface area contributed by atoms with Gasteiger partial charge in [0.2, 0.25) is 0 Å². The molecule has 1 aromatic heterocycles. The Morgan fingerprint density at radius 3 is 2.54 bits per heavy atom. The monoisotopic (exact) mass is 441 g/mol. The van der Waals surface area contributed by atoms with Crippen molar-refractivity contribution in [3.63, 3.8) is 0 Å². The maximum Gasteiger partial charge on any atom is 0.194 e. The van der Waals surface area contributed by atoms with Gasteiger partial charge in [-0.25, -0.2) is 0 Å². The largest absolute Gasteiger partial charge is 0.364 e. The molecule has 0 saturated carbocycles. The van der Waals surface area contributed by atoms with Gasteiger partial charge in [0.05, 0.1) is 5.69 Å². The maximum atomic E-state index is 4.89. The van der Waals surface area contributed by atoms with Crippen LogP contribution in [0.3, 0.4) is 0 Å². The number of benzene rings is 1. The van der Waals surface area contributed by atoms with Gasteiger partial charge >= 0.3 is 0 Å². The Bertz CT molecular complexity index is 609. The summed E-state index contributed by atoms with van der Waals surface area (Å²) >= 11 is 0. The van der Waals surface area contributed by atoms with Gasteiger partial charge in [0.25, 0.3) is 0 Å². The predicted octanol–water partition coefficient (Wildman–Crippen LogP) is 2.19. The SMILES string of the molecule is CN=C(NCc1ccccc1)N1CCN(Cc2ccon2)CC1.I. The van der Waals surface area contributed by atoms with Crippen LogP contribution in [0.1, 0.15) is 11.3 Å². The normalized spacial score (nSPS) is 15.9. The quantitative estimate of drug-likeness (QED) is 0.448. The van der Waals surface area contributed by atoms with Crippen molar-refractivity contribution < 1.29 is 4.52 Å². The van der Waals surface area contributed by atoms with Gasteiger partial charge in [-0.3, -0.25) is 9.89 Å². The summed E-state index contributed by atoms with van der Waals surface area (Å²) in [6, 6.07) is 12.3.